The van der Waals surface area contributed by atoms with Crippen LogP contribution in [0.25, 0.3) is 10.4 Å². The van der Waals surface area contributed by atoms with Gasteiger partial charge in [0.1, 0.15) is 0 Å². The van der Waals surface area contributed by atoms with E-state index in [0.717, 1.165) is 12.2 Å². The zero-order valence-corrected chi connectivity index (χ0v) is 12.3. The highest BCUT2D eigenvalue weighted by Gasteiger charge is 2.10. The van der Waals surface area contributed by atoms with Crippen molar-refractivity contribution in [2.24, 2.45) is 0 Å². The van der Waals surface area contributed by atoms with Crippen LogP contribution in [-0.4, -0.2) is 12.0 Å². The molecule has 96 valence electrons. The van der Waals surface area contributed by atoms with E-state index in [1.54, 1.807) is 11.3 Å². The average molecular weight is 260 g/mol. The van der Waals surface area contributed by atoms with Crippen LogP contribution in [0.2, 0.25) is 0 Å². The Hall–Kier alpha value is -1.19. The number of nitrogens with one attached hydrogen (secondary N) is 1. The van der Waals surface area contributed by atoms with Gasteiger partial charge in [0.25, 0.3) is 0 Å². The second-order valence-corrected chi connectivity index (χ2v) is 5.72. The molecule has 0 unspecified atom stereocenters. The highest BCUT2D eigenvalue weighted by molar-refractivity contribution is 7.13. The minimum absolute atomic E-state index is 0.543. The van der Waals surface area contributed by atoms with E-state index < -0.39 is 0 Å². The lowest BCUT2D eigenvalue weighted by Gasteiger charge is -2.14. The van der Waals surface area contributed by atoms with Crippen LogP contribution in [0.4, 0.5) is 0 Å². The molecule has 0 saturated heterocycles. The summed E-state index contributed by atoms with van der Waals surface area (Å²) < 4.78 is 0. The lowest BCUT2D eigenvalue weighted by Crippen LogP contribution is -2.08. The zero-order chi connectivity index (χ0) is 13.1. The van der Waals surface area contributed by atoms with Gasteiger partial charge in [-0.1, -0.05) is 26.0 Å². The van der Waals surface area contributed by atoms with Crippen molar-refractivity contribution in [3.05, 3.63) is 40.5 Å². The molecule has 0 spiro atoms. The van der Waals surface area contributed by atoms with Crippen LogP contribution in [0.5, 0.6) is 0 Å². The highest BCUT2D eigenvalue weighted by Crippen LogP contribution is 2.31. The van der Waals surface area contributed by atoms with Gasteiger partial charge in [-0.05, 0) is 42.6 Å². The van der Waals surface area contributed by atoms with Gasteiger partial charge in [-0.15, -0.1) is 11.3 Å². The van der Waals surface area contributed by atoms with Crippen LogP contribution in [-0.2, 0) is 6.54 Å². The molecule has 0 saturated carbocycles. The van der Waals surface area contributed by atoms with Crippen molar-refractivity contribution in [1.82, 2.24) is 10.3 Å². The predicted octanol–water partition coefficient (Wildman–Crippen LogP) is 3.96. The second kappa shape index (κ2) is 5.63. The van der Waals surface area contributed by atoms with Crippen LogP contribution in [0.15, 0.2) is 23.7 Å². The summed E-state index contributed by atoms with van der Waals surface area (Å²) in [5.41, 5.74) is 7.14. The van der Waals surface area contributed by atoms with Gasteiger partial charge < -0.3 is 5.32 Å². The molecule has 2 rings (SSSR count). The Labute approximate surface area is 113 Å². The molecule has 0 amide bonds. The minimum Gasteiger partial charge on any atom is -0.316 e. The summed E-state index contributed by atoms with van der Waals surface area (Å²) in [4.78, 5) is 5.62. The summed E-state index contributed by atoms with van der Waals surface area (Å²) in [6.45, 7) is 7.49. The Morgan fingerprint density at radius 1 is 1.33 bits per heavy atom. The van der Waals surface area contributed by atoms with Gasteiger partial charge in [0, 0.05) is 6.54 Å². The molecule has 0 bridgehead atoms. The van der Waals surface area contributed by atoms with Gasteiger partial charge in [0.05, 0.1) is 16.1 Å². The summed E-state index contributed by atoms with van der Waals surface area (Å²) in [7, 11) is 1.99. The third-order valence-electron chi connectivity index (χ3n) is 3.14. The standard InChI is InChI=1S/C15H20N2S/c1-10(2)14-7-12(5-6-13(14)8-16-4)15-11(3)17-9-18-15/h5-7,9-10,16H,8H2,1-4H3. The van der Waals surface area contributed by atoms with E-state index in [-0.39, 0.29) is 0 Å². The van der Waals surface area contributed by atoms with Crippen LogP contribution in [0.3, 0.4) is 0 Å². The van der Waals surface area contributed by atoms with Gasteiger partial charge in [-0.2, -0.15) is 0 Å². The minimum atomic E-state index is 0.543. The Kier molecular flexibility index (Phi) is 4.15. The molecule has 1 heterocycles. The van der Waals surface area contributed by atoms with Gasteiger partial charge >= 0.3 is 0 Å². The Bertz CT molecular complexity index is 529. The topological polar surface area (TPSA) is 24.9 Å². The van der Waals surface area contributed by atoms with Crippen molar-refractivity contribution in [1.29, 1.82) is 0 Å². The number of rotatable bonds is 4. The fourth-order valence-electron chi connectivity index (χ4n) is 2.20. The van der Waals surface area contributed by atoms with Gasteiger partial charge in [0.2, 0.25) is 0 Å². The summed E-state index contributed by atoms with van der Waals surface area (Å²) in [6, 6.07) is 6.76. The van der Waals surface area contributed by atoms with Gasteiger partial charge in [-0.3, -0.25) is 0 Å². The maximum absolute atomic E-state index is 4.33. The van der Waals surface area contributed by atoms with E-state index in [2.05, 4.69) is 49.3 Å². The summed E-state index contributed by atoms with van der Waals surface area (Å²) in [5, 5.41) is 3.24. The quantitative estimate of drug-likeness (QED) is 0.900. The maximum Gasteiger partial charge on any atom is 0.0801 e. The van der Waals surface area contributed by atoms with E-state index in [1.165, 1.54) is 21.6 Å². The average Bonchev–Trinajstić information content (AvgIpc) is 2.76. The second-order valence-electron chi connectivity index (χ2n) is 4.87. The van der Waals surface area contributed by atoms with Crippen LogP contribution in [0.1, 0.15) is 36.6 Å². The molecule has 1 aromatic heterocycles. The summed E-state index contributed by atoms with van der Waals surface area (Å²) in [5.74, 6) is 0.543. The van der Waals surface area contributed by atoms with Crippen molar-refractivity contribution >= 4 is 11.3 Å². The molecule has 2 nitrogen and oxygen atoms in total. The monoisotopic (exact) mass is 260 g/mol. The van der Waals surface area contributed by atoms with Crippen molar-refractivity contribution in [3.63, 3.8) is 0 Å². The Morgan fingerprint density at radius 2 is 2.11 bits per heavy atom. The molecule has 0 fully saturated rings. The van der Waals surface area contributed by atoms with E-state index in [4.69, 9.17) is 0 Å². The van der Waals surface area contributed by atoms with E-state index in [1.807, 2.05) is 12.6 Å². The van der Waals surface area contributed by atoms with Crippen molar-refractivity contribution in [3.8, 4) is 10.4 Å². The molecular formula is C15H20N2S. The molecule has 3 heteroatoms. The summed E-state index contributed by atoms with van der Waals surface area (Å²) in [6.07, 6.45) is 0. The number of nitrogens with zero attached hydrogens (tertiary/aromatic N) is 1. The fraction of sp³-hybridized carbons (Fsp3) is 0.400. The number of aromatic nitrogens is 1. The largest absolute Gasteiger partial charge is 0.316 e. The van der Waals surface area contributed by atoms with E-state index in [9.17, 15) is 0 Å². The Balaban J connectivity index is 2.46. The van der Waals surface area contributed by atoms with Crippen molar-refractivity contribution in [2.45, 2.75) is 33.2 Å². The third kappa shape index (κ3) is 2.62. The van der Waals surface area contributed by atoms with Crippen molar-refractivity contribution in [2.75, 3.05) is 7.05 Å². The molecule has 0 radical (unpaired) electrons. The van der Waals surface area contributed by atoms with Crippen LogP contribution in [0, 0.1) is 6.92 Å². The number of hydrogen-bond acceptors (Lipinski definition) is 3. The first-order valence-corrected chi connectivity index (χ1v) is 7.19. The number of benzene rings is 1. The lowest BCUT2D eigenvalue weighted by molar-refractivity contribution is 0.776. The number of hydrogen-bond donors (Lipinski definition) is 1. The maximum atomic E-state index is 4.33. The molecule has 0 aliphatic rings. The van der Waals surface area contributed by atoms with E-state index >= 15 is 0 Å². The van der Waals surface area contributed by atoms with Crippen LogP contribution >= 0.6 is 11.3 Å². The Morgan fingerprint density at radius 3 is 2.67 bits per heavy atom. The molecule has 1 N–H and O–H groups in total. The van der Waals surface area contributed by atoms with Crippen LogP contribution < -0.4 is 5.32 Å². The molecule has 0 atom stereocenters. The summed E-state index contributed by atoms with van der Waals surface area (Å²) >= 11 is 1.72. The molecular weight excluding hydrogens is 240 g/mol. The number of thiazole rings is 1. The smallest absolute Gasteiger partial charge is 0.0801 e. The highest BCUT2D eigenvalue weighted by atomic mass is 32.1. The van der Waals surface area contributed by atoms with Gasteiger partial charge in [-0.25, -0.2) is 4.98 Å². The van der Waals surface area contributed by atoms with Gasteiger partial charge in [0.15, 0.2) is 0 Å². The fourth-order valence-corrected chi connectivity index (χ4v) is 3.01. The first-order chi connectivity index (χ1) is 8.63. The lowest BCUT2D eigenvalue weighted by atomic mass is 9.94. The SMILES string of the molecule is CNCc1ccc(-c2scnc2C)cc1C(C)C. The molecule has 0 aliphatic carbocycles. The first-order valence-electron chi connectivity index (χ1n) is 6.31. The zero-order valence-electron chi connectivity index (χ0n) is 11.4. The molecule has 0 aliphatic heterocycles. The number of aryl methyl sites for hydroxylation is 1. The van der Waals surface area contributed by atoms with E-state index in [0.29, 0.717) is 5.92 Å². The van der Waals surface area contributed by atoms with Crippen molar-refractivity contribution < 1.29 is 0 Å². The third-order valence-corrected chi connectivity index (χ3v) is 4.12. The molecule has 18 heavy (non-hydrogen) atoms. The molecule has 1 aromatic carbocycles. The normalized spacial score (nSPS) is 11.2. The first kappa shape index (κ1) is 13.2. The molecule has 2 aromatic rings. The predicted molar refractivity (Wildman–Crippen MR) is 79.1 cm³/mol.